The van der Waals surface area contributed by atoms with Crippen LogP contribution in [0.4, 0.5) is 0 Å². The topological polar surface area (TPSA) is 79.8 Å². The van der Waals surface area contributed by atoms with E-state index >= 15 is 0 Å². The molecule has 1 aromatic carbocycles. The molecule has 0 bridgehead atoms. The highest BCUT2D eigenvalue weighted by Gasteiger charge is 2.20. The molecule has 1 atom stereocenters. The monoisotopic (exact) mass is 324 g/mol. The molecule has 2 N–H and O–H groups in total. The van der Waals surface area contributed by atoms with Gasteiger partial charge < -0.3 is 14.9 Å². The summed E-state index contributed by atoms with van der Waals surface area (Å²) >= 11 is 0. The van der Waals surface area contributed by atoms with Crippen molar-refractivity contribution in [1.29, 1.82) is 0 Å². The van der Waals surface area contributed by atoms with Crippen molar-refractivity contribution in [2.75, 3.05) is 0 Å². The zero-order chi connectivity index (χ0) is 17.3. The Morgan fingerprint density at radius 2 is 2.12 bits per heavy atom. The molecule has 0 aliphatic rings. The molecule has 0 aliphatic heterocycles. The van der Waals surface area contributed by atoms with E-state index in [9.17, 15) is 9.59 Å². The number of H-pyrrole nitrogens is 1. The van der Waals surface area contributed by atoms with E-state index in [0.29, 0.717) is 12.2 Å². The van der Waals surface area contributed by atoms with Crippen molar-refractivity contribution in [2.45, 2.75) is 26.3 Å². The molecule has 2 aromatic heterocycles. The second-order valence-corrected chi connectivity index (χ2v) is 5.87. The molecule has 0 saturated carbocycles. The van der Waals surface area contributed by atoms with E-state index in [1.165, 1.54) is 4.57 Å². The van der Waals surface area contributed by atoms with Gasteiger partial charge in [-0.25, -0.2) is 4.98 Å². The Kier molecular flexibility index (Phi) is 4.20. The Hall–Kier alpha value is -2.89. The quantitative estimate of drug-likeness (QED) is 0.773. The van der Waals surface area contributed by atoms with Gasteiger partial charge in [-0.2, -0.15) is 0 Å². The highest BCUT2D eigenvalue weighted by Crippen LogP contribution is 2.15. The van der Waals surface area contributed by atoms with Gasteiger partial charge in [0.15, 0.2) is 0 Å². The summed E-state index contributed by atoms with van der Waals surface area (Å²) in [6, 6.07) is 8.88. The molecule has 0 fully saturated rings. The zero-order valence-electron chi connectivity index (χ0n) is 14.0. The van der Waals surface area contributed by atoms with Crippen LogP contribution in [0.5, 0.6) is 0 Å². The smallest absolute Gasteiger partial charge is 0.263 e. The summed E-state index contributed by atoms with van der Waals surface area (Å²) in [7, 11) is 1.68. The lowest BCUT2D eigenvalue weighted by Crippen LogP contribution is -2.34. The SMILES string of the molecule is CCC(NC(=O)c1cc2ccccc2n(C)c1=O)c1ncc(C)[nH]1. The number of nitrogens with one attached hydrogen (secondary N) is 2. The van der Waals surface area contributed by atoms with E-state index < -0.39 is 0 Å². The van der Waals surface area contributed by atoms with E-state index in [0.717, 1.165) is 16.6 Å². The Morgan fingerprint density at radius 3 is 2.79 bits per heavy atom. The van der Waals surface area contributed by atoms with E-state index in [4.69, 9.17) is 0 Å². The third-order valence-electron chi connectivity index (χ3n) is 4.14. The molecule has 0 spiro atoms. The van der Waals surface area contributed by atoms with Gasteiger partial charge in [0, 0.05) is 18.9 Å². The van der Waals surface area contributed by atoms with Gasteiger partial charge in [-0.05, 0) is 30.9 Å². The van der Waals surface area contributed by atoms with Crippen LogP contribution in [-0.4, -0.2) is 20.4 Å². The number of nitrogens with zero attached hydrogens (tertiary/aromatic N) is 2. The first-order valence-electron chi connectivity index (χ1n) is 7.92. The maximum atomic E-state index is 12.6. The van der Waals surface area contributed by atoms with Gasteiger partial charge in [0.1, 0.15) is 11.4 Å². The normalized spacial score (nSPS) is 12.3. The fourth-order valence-corrected chi connectivity index (χ4v) is 2.79. The molecule has 0 aliphatic carbocycles. The van der Waals surface area contributed by atoms with E-state index in [-0.39, 0.29) is 23.1 Å². The van der Waals surface area contributed by atoms with Crippen LogP contribution in [0.3, 0.4) is 0 Å². The maximum Gasteiger partial charge on any atom is 0.263 e. The second-order valence-electron chi connectivity index (χ2n) is 5.87. The van der Waals surface area contributed by atoms with Crippen LogP contribution in [0.1, 0.15) is 41.3 Å². The lowest BCUT2D eigenvalue weighted by Gasteiger charge is -2.15. The summed E-state index contributed by atoms with van der Waals surface area (Å²) in [4.78, 5) is 32.6. The standard InChI is InChI=1S/C18H20N4O2/c1-4-14(16-19-10-11(2)20-16)21-17(23)13-9-12-7-5-6-8-15(12)22(3)18(13)24/h5-10,14H,4H2,1-3H3,(H,19,20)(H,21,23). The van der Waals surface area contributed by atoms with Crippen LogP contribution in [0.25, 0.3) is 10.9 Å². The van der Waals surface area contributed by atoms with Gasteiger partial charge in [0.25, 0.3) is 11.5 Å². The number of fused-ring (bicyclic) bond motifs is 1. The number of imidazole rings is 1. The van der Waals surface area contributed by atoms with Gasteiger partial charge >= 0.3 is 0 Å². The number of amides is 1. The van der Waals surface area contributed by atoms with E-state index in [1.54, 1.807) is 19.3 Å². The highest BCUT2D eigenvalue weighted by atomic mass is 16.2. The first-order valence-corrected chi connectivity index (χ1v) is 7.92. The number of pyridine rings is 1. The maximum absolute atomic E-state index is 12.6. The van der Waals surface area contributed by atoms with Crippen LogP contribution in [-0.2, 0) is 7.05 Å². The lowest BCUT2D eigenvalue weighted by molar-refractivity contribution is 0.0932. The Labute approximate surface area is 139 Å². The Bertz CT molecular complexity index is 955. The van der Waals surface area contributed by atoms with Gasteiger partial charge in [0.05, 0.1) is 11.6 Å². The van der Waals surface area contributed by atoms with Crippen molar-refractivity contribution in [3.8, 4) is 0 Å². The molecule has 2 heterocycles. The van der Waals surface area contributed by atoms with E-state index in [1.807, 2.05) is 38.1 Å². The minimum absolute atomic E-state index is 0.137. The molecule has 1 unspecified atom stereocenters. The number of aromatic nitrogens is 3. The first kappa shape index (κ1) is 16.0. The molecule has 0 saturated heterocycles. The van der Waals surface area contributed by atoms with Crippen molar-refractivity contribution in [1.82, 2.24) is 19.9 Å². The van der Waals surface area contributed by atoms with Crippen LogP contribution in [0.2, 0.25) is 0 Å². The summed E-state index contributed by atoms with van der Waals surface area (Å²) in [6.45, 7) is 3.87. The average Bonchev–Trinajstić information content (AvgIpc) is 3.02. The fraction of sp³-hybridized carbons (Fsp3) is 0.278. The Morgan fingerprint density at radius 1 is 1.38 bits per heavy atom. The van der Waals surface area contributed by atoms with Gasteiger partial charge in [-0.3, -0.25) is 9.59 Å². The minimum atomic E-state index is -0.387. The van der Waals surface area contributed by atoms with Crippen molar-refractivity contribution < 1.29 is 4.79 Å². The van der Waals surface area contributed by atoms with Crippen LogP contribution < -0.4 is 10.9 Å². The number of aromatic amines is 1. The summed E-state index contributed by atoms with van der Waals surface area (Å²) < 4.78 is 1.50. The molecule has 3 aromatic rings. The fourth-order valence-electron chi connectivity index (χ4n) is 2.79. The lowest BCUT2D eigenvalue weighted by atomic mass is 10.1. The molecule has 3 rings (SSSR count). The zero-order valence-corrected chi connectivity index (χ0v) is 14.0. The van der Waals surface area contributed by atoms with Crippen LogP contribution >= 0.6 is 0 Å². The molecule has 6 heteroatoms. The minimum Gasteiger partial charge on any atom is -0.344 e. The van der Waals surface area contributed by atoms with E-state index in [2.05, 4.69) is 15.3 Å². The molecule has 124 valence electrons. The summed E-state index contributed by atoms with van der Waals surface area (Å²) in [5.74, 6) is 0.309. The van der Waals surface area contributed by atoms with Crippen molar-refractivity contribution >= 4 is 16.8 Å². The third-order valence-corrected chi connectivity index (χ3v) is 4.14. The largest absolute Gasteiger partial charge is 0.344 e. The van der Waals surface area contributed by atoms with Gasteiger partial charge in [-0.1, -0.05) is 25.1 Å². The molecule has 0 radical (unpaired) electrons. The van der Waals surface area contributed by atoms with Crippen LogP contribution in [0, 0.1) is 6.92 Å². The molecule has 1 amide bonds. The summed E-state index contributed by atoms with van der Waals surface area (Å²) in [6.07, 6.45) is 2.39. The highest BCUT2D eigenvalue weighted by molar-refractivity contribution is 5.97. The predicted molar refractivity (Wildman–Crippen MR) is 93.0 cm³/mol. The number of hydrogen-bond acceptors (Lipinski definition) is 3. The Balaban J connectivity index is 1.96. The van der Waals surface area contributed by atoms with Crippen LogP contribution in [0.15, 0.2) is 41.3 Å². The summed E-state index contributed by atoms with van der Waals surface area (Å²) in [5, 5.41) is 3.75. The number of benzene rings is 1. The average molecular weight is 324 g/mol. The first-order chi connectivity index (χ1) is 11.5. The number of aryl methyl sites for hydroxylation is 2. The number of hydrogen-bond donors (Lipinski definition) is 2. The number of carbonyl (C=O) groups is 1. The number of rotatable bonds is 4. The number of para-hydroxylation sites is 1. The van der Waals surface area contributed by atoms with Crippen molar-refractivity contribution in [3.63, 3.8) is 0 Å². The number of carbonyl (C=O) groups excluding carboxylic acids is 1. The van der Waals surface area contributed by atoms with Gasteiger partial charge in [-0.15, -0.1) is 0 Å². The van der Waals surface area contributed by atoms with Gasteiger partial charge in [0.2, 0.25) is 0 Å². The molecule has 24 heavy (non-hydrogen) atoms. The summed E-state index contributed by atoms with van der Waals surface area (Å²) in [5.41, 5.74) is 1.56. The third kappa shape index (κ3) is 2.82. The molecule has 6 nitrogen and oxygen atoms in total. The predicted octanol–water partition coefficient (Wildman–Crippen LogP) is 2.45. The molecular weight excluding hydrogens is 304 g/mol. The molecular formula is C18H20N4O2. The van der Waals surface area contributed by atoms with Crippen molar-refractivity contribution in [3.05, 3.63) is 64.0 Å². The second kappa shape index (κ2) is 6.31. The van der Waals surface area contributed by atoms with Crippen molar-refractivity contribution in [2.24, 2.45) is 7.05 Å².